The van der Waals surface area contributed by atoms with Gasteiger partial charge in [0.05, 0.1) is 27.5 Å². The monoisotopic (exact) mass is 344 g/mol. The summed E-state index contributed by atoms with van der Waals surface area (Å²) in [7, 11) is 4.71. The van der Waals surface area contributed by atoms with Crippen molar-refractivity contribution in [1.82, 2.24) is 5.43 Å². The Balaban J connectivity index is 1.87. The second kappa shape index (κ2) is 9.17. The maximum absolute atomic E-state index is 11.8. The van der Waals surface area contributed by atoms with Crippen molar-refractivity contribution >= 4 is 12.1 Å². The fourth-order valence-electron chi connectivity index (χ4n) is 1.97. The van der Waals surface area contributed by atoms with E-state index in [4.69, 9.17) is 18.9 Å². The van der Waals surface area contributed by atoms with Gasteiger partial charge in [-0.1, -0.05) is 0 Å². The van der Waals surface area contributed by atoms with Gasteiger partial charge in [0.2, 0.25) is 0 Å². The van der Waals surface area contributed by atoms with Gasteiger partial charge in [-0.15, -0.1) is 0 Å². The summed E-state index contributed by atoms with van der Waals surface area (Å²) in [5, 5.41) is 3.91. The van der Waals surface area contributed by atoms with Crippen molar-refractivity contribution in [3.05, 3.63) is 48.0 Å². The number of hydrazone groups is 1. The maximum Gasteiger partial charge on any atom is 0.277 e. The maximum atomic E-state index is 11.8. The van der Waals surface area contributed by atoms with Crippen LogP contribution in [0.25, 0.3) is 0 Å². The van der Waals surface area contributed by atoms with Gasteiger partial charge in [-0.2, -0.15) is 5.10 Å². The molecule has 7 nitrogen and oxygen atoms in total. The number of benzene rings is 2. The SMILES string of the molecule is COc1ccc(OCC(=O)N/N=C/c2cc(OC)ccc2OC)cc1. The number of hydrogen-bond donors (Lipinski definition) is 1. The highest BCUT2D eigenvalue weighted by Gasteiger charge is 2.04. The lowest BCUT2D eigenvalue weighted by Crippen LogP contribution is -2.24. The van der Waals surface area contributed by atoms with Gasteiger partial charge < -0.3 is 18.9 Å². The van der Waals surface area contributed by atoms with Crippen LogP contribution >= 0.6 is 0 Å². The fourth-order valence-corrected chi connectivity index (χ4v) is 1.97. The molecule has 0 aliphatic carbocycles. The molecule has 0 spiro atoms. The van der Waals surface area contributed by atoms with E-state index in [0.29, 0.717) is 28.6 Å². The minimum Gasteiger partial charge on any atom is -0.497 e. The lowest BCUT2D eigenvalue weighted by molar-refractivity contribution is -0.123. The van der Waals surface area contributed by atoms with Crippen LogP contribution < -0.4 is 24.4 Å². The van der Waals surface area contributed by atoms with Crippen LogP contribution in [0.4, 0.5) is 0 Å². The van der Waals surface area contributed by atoms with E-state index in [1.165, 1.54) is 6.21 Å². The van der Waals surface area contributed by atoms with Gasteiger partial charge in [0.15, 0.2) is 6.61 Å². The molecular formula is C18H20N2O5. The number of nitrogens with one attached hydrogen (secondary N) is 1. The van der Waals surface area contributed by atoms with Gasteiger partial charge in [-0.3, -0.25) is 4.79 Å². The Morgan fingerprint density at radius 1 is 0.960 bits per heavy atom. The van der Waals surface area contributed by atoms with Crippen LogP contribution in [0.5, 0.6) is 23.0 Å². The average Bonchev–Trinajstić information content (AvgIpc) is 2.66. The molecule has 0 saturated carbocycles. The van der Waals surface area contributed by atoms with Crippen molar-refractivity contribution in [2.75, 3.05) is 27.9 Å². The third kappa shape index (κ3) is 5.42. The molecule has 0 aliphatic heterocycles. The summed E-state index contributed by atoms with van der Waals surface area (Å²) in [6, 6.07) is 12.2. The molecule has 2 aromatic rings. The van der Waals surface area contributed by atoms with Gasteiger partial charge in [0, 0.05) is 5.56 Å². The number of hydrogen-bond acceptors (Lipinski definition) is 6. The first kappa shape index (κ1) is 18.1. The van der Waals surface area contributed by atoms with Crippen molar-refractivity contribution in [1.29, 1.82) is 0 Å². The first-order valence-corrected chi connectivity index (χ1v) is 7.47. The zero-order chi connectivity index (χ0) is 18.1. The molecule has 7 heteroatoms. The van der Waals surface area contributed by atoms with Crippen LogP contribution in [0.1, 0.15) is 5.56 Å². The normalized spacial score (nSPS) is 10.4. The van der Waals surface area contributed by atoms with Crippen LogP contribution in [-0.4, -0.2) is 40.1 Å². The van der Waals surface area contributed by atoms with E-state index in [1.807, 2.05) is 0 Å². The Morgan fingerprint density at radius 3 is 2.24 bits per heavy atom. The highest BCUT2D eigenvalue weighted by molar-refractivity contribution is 5.86. The Bertz CT molecular complexity index is 729. The van der Waals surface area contributed by atoms with Crippen molar-refractivity contribution in [2.24, 2.45) is 5.10 Å². The summed E-state index contributed by atoms with van der Waals surface area (Å²) in [4.78, 5) is 11.8. The minimum absolute atomic E-state index is 0.154. The lowest BCUT2D eigenvalue weighted by atomic mass is 10.2. The Hall–Kier alpha value is -3.22. The molecular weight excluding hydrogens is 324 g/mol. The molecule has 0 saturated heterocycles. The zero-order valence-electron chi connectivity index (χ0n) is 14.3. The van der Waals surface area contributed by atoms with Gasteiger partial charge in [0.25, 0.3) is 5.91 Å². The topological polar surface area (TPSA) is 78.4 Å². The van der Waals surface area contributed by atoms with E-state index in [9.17, 15) is 4.79 Å². The molecule has 0 atom stereocenters. The van der Waals surface area contributed by atoms with E-state index >= 15 is 0 Å². The molecule has 0 aliphatic rings. The first-order valence-electron chi connectivity index (χ1n) is 7.47. The van der Waals surface area contributed by atoms with Crippen LogP contribution in [0.3, 0.4) is 0 Å². The number of carbonyl (C=O) groups is 1. The third-order valence-corrected chi connectivity index (χ3v) is 3.26. The summed E-state index contributed by atoms with van der Waals surface area (Å²) in [6.07, 6.45) is 1.48. The van der Waals surface area contributed by atoms with Gasteiger partial charge in [-0.25, -0.2) is 5.43 Å². The summed E-state index contributed by atoms with van der Waals surface area (Å²) in [5.74, 6) is 2.18. The summed E-state index contributed by atoms with van der Waals surface area (Å²) in [6.45, 7) is -0.154. The smallest absolute Gasteiger partial charge is 0.277 e. The fraction of sp³-hybridized carbons (Fsp3) is 0.222. The summed E-state index contributed by atoms with van der Waals surface area (Å²) >= 11 is 0. The van der Waals surface area contributed by atoms with E-state index in [2.05, 4.69) is 10.5 Å². The van der Waals surface area contributed by atoms with Gasteiger partial charge >= 0.3 is 0 Å². The van der Waals surface area contributed by atoms with Crippen LogP contribution in [0, 0.1) is 0 Å². The largest absolute Gasteiger partial charge is 0.497 e. The molecule has 0 fully saturated rings. The molecule has 2 rings (SSSR count). The third-order valence-electron chi connectivity index (χ3n) is 3.26. The van der Waals surface area contributed by atoms with Crippen LogP contribution in [0.15, 0.2) is 47.6 Å². The Labute approximate surface area is 146 Å². The van der Waals surface area contributed by atoms with Crippen molar-refractivity contribution in [3.63, 3.8) is 0 Å². The van der Waals surface area contributed by atoms with Gasteiger partial charge in [0.1, 0.15) is 23.0 Å². The van der Waals surface area contributed by atoms with Crippen molar-refractivity contribution in [3.8, 4) is 23.0 Å². The molecule has 2 aromatic carbocycles. The number of rotatable bonds is 8. The molecule has 0 bridgehead atoms. The van der Waals surface area contributed by atoms with Crippen molar-refractivity contribution in [2.45, 2.75) is 0 Å². The van der Waals surface area contributed by atoms with Crippen LogP contribution in [0.2, 0.25) is 0 Å². The molecule has 1 N–H and O–H groups in total. The minimum atomic E-state index is -0.381. The Kier molecular flexibility index (Phi) is 6.65. The van der Waals surface area contributed by atoms with E-state index < -0.39 is 0 Å². The second-order valence-electron chi connectivity index (χ2n) is 4.87. The molecule has 132 valence electrons. The molecule has 0 radical (unpaired) electrons. The molecule has 25 heavy (non-hydrogen) atoms. The second-order valence-corrected chi connectivity index (χ2v) is 4.87. The number of nitrogens with zero attached hydrogens (tertiary/aromatic N) is 1. The predicted molar refractivity (Wildman–Crippen MR) is 93.8 cm³/mol. The number of carbonyl (C=O) groups excluding carboxylic acids is 1. The summed E-state index contributed by atoms with van der Waals surface area (Å²) in [5.41, 5.74) is 3.08. The molecule has 0 heterocycles. The highest BCUT2D eigenvalue weighted by atomic mass is 16.5. The molecule has 0 unspecified atom stereocenters. The van der Waals surface area contributed by atoms with E-state index in [0.717, 1.165) is 0 Å². The number of amides is 1. The standard InChI is InChI=1S/C18H20N2O5/c1-22-14-4-6-15(7-5-14)25-12-18(21)20-19-11-13-10-16(23-2)8-9-17(13)24-3/h4-11H,12H2,1-3H3,(H,20,21)/b19-11+. The highest BCUT2D eigenvalue weighted by Crippen LogP contribution is 2.22. The van der Waals surface area contributed by atoms with Gasteiger partial charge in [-0.05, 0) is 42.5 Å². The zero-order valence-corrected chi connectivity index (χ0v) is 14.3. The lowest BCUT2D eigenvalue weighted by Gasteiger charge is -2.07. The predicted octanol–water partition coefficient (Wildman–Crippen LogP) is 2.24. The quantitative estimate of drug-likeness (QED) is 0.587. The first-order chi connectivity index (χ1) is 12.2. The van der Waals surface area contributed by atoms with E-state index in [-0.39, 0.29) is 12.5 Å². The average molecular weight is 344 g/mol. The Morgan fingerprint density at radius 2 is 1.60 bits per heavy atom. The number of methoxy groups -OCH3 is 3. The van der Waals surface area contributed by atoms with Crippen LogP contribution in [-0.2, 0) is 4.79 Å². The van der Waals surface area contributed by atoms with E-state index in [1.54, 1.807) is 63.8 Å². The molecule has 0 aromatic heterocycles. The van der Waals surface area contributed by atoms with Crippen molar-refractivity contribution < 1.29 is 23.7 Å². The summed E-state index contributed by atoms with van der Waals surface area (Å²) < 4.78 is 20.8. The number of ether oxygens (including phenoxy) is 4. The molecule has 1 amide bonds.